The standard InChI is InChI=1S/C19H22N4O3S/c1-13(24)20-16-5-3-4-15(10-16)19-21-17(12-27-19)11-18(26)23-8-6-22(7-9-23)14(2)25/h3-5,10,12H,6-9,11H2,1-2H3,(H,20,24). The minimum atomic E-state index is -0.123. The molecule has 1 aliphatic rings. The number of amides is 3. The number of hydrogen-bond donors (Lipinski definition) is 1. The van der Waals surface area contributed by atoms with Crippen LogP contribution in [-0.4, -0.2) is 58.7 Å². The third-order valence-corrected chi connectivity index (χ3v) is 5.33. The summed E-state index contributed by atoms with van der Waals surface area (Å²) in [5.74, 6) is -0.0442. The molecular weight excluding hydrogens is 364 g/mol. The molecule has 3 rings (SSSR count). The highest BCUT2D eigenvalue weighted by molar-refractivity contribution is 7.13. The summed E-state index contributed by atoms with van der Waals surface area (Å²) in [6.07, 6.45) is 0.252. The van der Waals surface area contributed by atoms with Crippen LogP contribution >= 0.6 is 11.3 Å². The summed E-state index contributed by atoms with van der Waals surface area (Å²) in [5, 5.41) is 5.46. The molecule has 27 heavy (non-hydrogen) atoms. The van der Waals surface area contributed by atoms with E-state index in [0.717, 1.165) is 22.0 Å². The van der Waals surface area contributed by atoms with Crippen LogP contribution in [0.15, 0.2) is 29.6 Å². The number of carbonyl (C=O) groups is 3. The van der Waals surface area contributed by atoms with E-state index < -0.39 is 0 Å². The van der Waals surface area contributed by atoms with Gasteiger partial charge in [0, 0.05) is 56.7 Å². The summed E-state index contributed by atoms with van der Waals surface area (Å²) in [6, 6.07) is 7.48. The highest BCUT2D eigenvalue weighted by atomic mass is 32.1. The molecule has 8 heteroatoms. The Morgan fingerprint density at radius 1 is 1.11 bits per heavy atom. The molecule has 1 saturated heterocycles. The zero-order chi connectivity index (χ0) is 19.4. The van der Waals surface area contributed by atoms with Gasteiger partial charge in [0.2, 0.25) is 17.7 Å². The molecule has 1 fully saturated rings. The molecule has 0 saturated carbocycles. The molecule has 0 spiro atoms. The molecule has 1 aromatic heterocycles. The molecule has 0 atom stereocenters. The molecule has 0 bridgehead atoms. The van der Waals surface area contributed by atoms with Gasteiger partial charge in [0.25, 0.3) is 0 Å². The van der Waals surface area contributed by atoms with Crippen LogP contribution in [0, 0.1) is 0 Å². The molecule has 2 aromatic rings. The fraction of sp³-hybridized carbons (Fsp3) is 0.368. The van der Waals surface area contributed by atoms with Crippen LogP contribution in [0.25, 0.3) is 10.6 Å². The van der Waals surface area contributed by atoms with Gasteiger partial charge in [-0.1, -0.05) is 12.1 Å². The zero-order valence-corrected chi connectivity index (χ0v) is 16.2. The van der Waals surface area contributed by atoms with Crippen LogP contribution < -0.4 is 5.32 Å². The van der Waals surface area contributed by atoms with Crippen molar-refractivity contribution < 1.29 is 14.4 Å². The second-order valence-electron chi connectivity index (χ2n) is 6.47. The molecule has 0 radical (unpaired) electrons. The van der Waals surface area contributed by atoms with Crippen molar-refractivity contribution >= 4 is 34.7 Å². The molecule has 2 heterocycles. The first-order chi connectivity index (χ1) is 12.9. The van der Waals surface area contributed by atoms with Gasteiger partial charge in [0.15, 0.2) is 0 Å². The van der Waals surface area contributed by atoms with Crippen molar-refractivity contribution in [3.63, 3.8) is 0 Å². The van der Waals surface area contributed by atoms with E-state index in [1.807, 2.05) is 29.6 Å². The predicted molar refractivity (Wildman–Crippen MR) is 104 cm³/mol. The Balaban J connectivity index is 1.62. The van der Waals surface area contributed by atoms with Crippen LogP contribution in [0.5, 0.6) is 0 Å². The average Bonchev–Trinajstić information content (AvgIpc) is 3.10. The molecule has 3 amide bonds. The number of benzene rings is 1. The molecular formula is C19H22N4O3S. The lowest BCUT2D eigenvalue weighted by Gasteiger charge is -2.34. The molecule has 142 valence electrons. The van der Waals surface area contributed by atoms with E-state index >= 15 is 0 Å². The van der Waals surface area contributed by atoms with Gasteiger partial charge in [-0.25, -0.2) is 4.98 Å². The van der Waals surface area contributed by atoms with E-state index in [1.165, 1.54) is 18.3 Å². The Kier molecular flexibility index (Phi) is 5.85. The molecule has 0 aliphatic carbocycles. The molecule has 7 nitrogen and oxygen atoms in total. The first kappa shape index (κ1) is 19.0. The van der Waals surface area contributed by atoms with Crippen LogP contribution in [-0.2, 0) is 20.8 Å². The molecule has 0 unspecified atom stereocenters. The van der Waals surface area contributed by atoms with Crippen LogP contribution in [0.1, 0.15) is 19.5 Å². The number of rotatable bonds is 4. The third kappa shape index (κ3) is 4.91. The van der Waals surface area contributed by atoms with E-state index in [9.17, 15) is 14.4 Å². The van der Waals surface area contributed by atoms with Gasteiger partial charge < -0.3 is 15.1 Å². The van der Waals surface area contributed by atoms with Crippen molar-refractivity contribution in [2.75, 3.05) is 31.5 Å². The van der Waals surface area contributed by atoms with Gasteiger partial charge in [-0.15, -0.1) is 11.3 Å². The minimum absolute atomic E-state index is 0.0297. The van der Waals surface area contributed by atoms with Gasteiger partial charge in [0.05, 0.1) is 12.1 Å². The largest absolute Gasteiger partial charge is 0.339 e. The SMILES string of the molecule is CC(=O)Nc1cccc(-c2nc(CC(=O)N3CCN(C(C)=O)CC3)cs2)c1. The lowest BCUT2D eigenvalue weighted by Crippen LogP contribution is -2.50. The first-order valence-corrected chi connectivity index (χ1v) is 9.66. The topological polar surface area (TPSA) is 82.6 Å². The highest BCUT2D eigenvalue weighted by Crippen LogP contribution is 2.26. The monoisotopic (exact) mass is 386 g/mol. The number of aromatic nitrogens is 1. The Labute approximate surface area is 162 Å². The van der Waals surface area contributed by atoms with Crippen molar-refractivity contribution in [1.29, 1.82) is 0 Å². The van der Waals surface area contributed by atoms with Crippen molar-refractivity contribution in [3.8, 4) is 10.6 Å². The second kappa shape index (κ2) is 8.30. The molecule has 1 aliphatic heterocycles. The Morgan fingerprint density at radius 3 is 2.48 bits per heavy atom. The van der Waals surface area contributed by atoms with Crippen LogP contribution in [0.4, 0.5) is 5.69 Å². The highest BCUT2D eigenvalue weighted by Gasteiger charge is 2.23. The Morgan fingerprint density at radius 2 is 1.81 bits per heavy atom. The molecule has 1 aromatic carbocycles. The smallest absolute Gasteiger partial charge is 0.228 e. The van der Waals surface area contributed by atoms with E-state index in [-0.39, 0.29) is 24.1 Å². The van der Waals surface area contributed by atoms with E-state index in [4.69, 9.17) is 0 Å². The summed E-state index contributed by atoms with van der Waals surface area (Å²) in [6.45, 7) is 5.31. The minimum Gasteiger partial charge on any atom is -0.339 e. The van der Waals surface area contributed by atoms with Gasteiger partial charge >= 0.3 is 0 Å². The lowest BCUT2D eigenvalue weighted by atomic mass is 10.2. The molecule has 1 N–H and O–H groups in total. The summed E-state index contributed by atoms with van der Waals surface area (Å²) in [7, 11) is 0. The van der Waals surface area contributed by atoms with Gasteiger partial charge in [-0.3, -0.25) is 14.4 Å². The van der Waals surface area contributed by atoms with Crippen LogP contribution in [0.3, 0.4) is 0 Å². The quantitative estimate of drug-likeness (QED) is 0.871. The van der Waals surface area contributed by atoms with Gasteiger partial charge in [0.1, 0.15) is 5.01 Å². The third-order valence-electron chi connectivity index (χ3n) is 4.39. The number of nitrogens with one attached hydrogen (secondary N) is 1. The van der Waals surface area contributed by atoms with Gasteiger partial charge in [-0.2, -0.15) is 0 Å². The predicted octanol–water partition coefficient (Wildman–Crippen LogP) is 2.00. The zero-order valence-electron chi connectivity index (χ0n) is 15.4. The fourth-order valence-corrected chi connectivity index (χ4v) is 3.81. The summed E-state index contributed by atoms with van der Waals surface area (Å²) in [4.78, 5) is 43.2. The summed E-state index contributed by atoms with van der Waals surface area (Å²) < 4.78 is 0. The number of anilines is 1. The maximum Gasteiger partial charge on any atom is 0.228 e. The lowest BCUT2D eigenvalue weighted by molar-refractivity contribution is -0.138. The van der Waals surface area contributed by atoms with Crippen LogP contribution in [0.2, 0.25) is 0 Å². The number of hydrogen-bond acceptors (Lipinski definition) is 5. The maximum absolute atomic E-state index is 12.5. The number of carbonyl (C=O) groups excluding carboxylic acids is 3. The maximum atomic E-state index is 12.5. The van der Waals surface area contributed by atoms with E-state index in [0.29, 0.717) is 26.2 Å². The number of piperazine rings is 1. The fourth-order valence-electron chi connectivity index (χ4n) is 2.99. The second-order valence-corrected chi connectivity index (χ2v) is 7.33. The number of nitrogens with zero attached hydrogens (tertiary/aromatic N) is 3. The summed E-state index contributed by atoms with van der Waals surface area (Å²) in [5.41, 5.74) is 2.36. The Bertz CT molecular complexity index is 856. The number of thiazole rings is 1. The van der Waals surface area contributed by atoms with Crippen molar-refractivity contribution in [1.82, 2.24) is 14.8 Å². The first-order valence-electron chi connectivity index (χ1n) is 8.78. The van der Waals surface area contributed by atoms with E-state index in [1.54, 1.807) is 16.7 Å². The van der Waals surface area contributed by atoms with Gasteiger partial charge in [-0.05, 0) is 12.1 Å². The average molecular weight is 386 g/mol. The van der Waals surface area contributed by atoms with Crippen molar-refractivity contribution in [3.05, 3.63) is 35.3 Å². The Hall–Kier alpha value is -2.74. The van der Waals surface area contributed by atoms with E-state index in [2.05, 4.69) is 10.3 Å². The summed E-state index contributed by atoms with van der Waals surface area (Å²) >= 11 is 1.48. The van der Waals surface area contributed by atoms with Crippen molar-refractivity contribution in [2.45, 2.75) is 20.3 Å². The normalized spacial score (nSPS) is 14.1. The van der Waals surface area contributed by atoms with Crippen molar-refractivity contribution in [2.24, 2.45) is 0 Å².